The number of carbonyl (C=O) groups is 2. The van der Waals surface area contributed by atoms with Gasteiger partial charge in [0.25, 0.3) is 0 Å². The zero-order valence-corrected chi connectivity index (χ0v) is 17.0. The van der Waals surface area contributed by atoms with Crippen molar-refractivity contribution in [3.63, 3.8) is 0 Å². The second-order valence-corrected chi connectivity index (χ2v) is 7.45. The summed E-state index contributed by atoms with van der Waals surface area (Å²) in [5.41, 5.74) is 2.55. The minimum atomic E-state index is -0.727. The number of rotatable bonds is 7. The van der Waals surface area contributed by atoms with E-state index in [2.05, 4.69) is 5.32 Å². The molecular formula is C25H23FN2O3. The van der Waals surface area contributed by atoms with Gasteiger partial charge in [0.1, 0.15) is 24.1 Å². The van der Waals surface area contributed by atoms with Crippen molar-refractivity contribution in [3.8, 4) is 5.75 Å². The van der Waals surface area contributed by atoms with Crippen LogP contribution in [0.15, 0.2) is 78.9 Å². The maximum atomic E-state index is 13.0. The molecule has 0 bridgehead atoms. The van der Waals surface area contributed by atoms with E-state index in [9.17, 15) is 14.0 Å². The summed E-state index contributed by atoms with van der Waals surface area (Å²) in [7, 11) is 0. The van der Waals surface area contributed by atoms with Gasteiger partial charge in [0, 0.05) is 24.8 Å². The van der Waals surface area contributed by atoms with Crippen molar-refractivity contribution in [1.82, 2.24) is 5.32 Å². The van der Waals surface area contributed by atoms with E-state index < -0.39 is 5.92 Å². The Balaban J connectivity index is 1.35. The maximum Gasteiger partial charge on any atom is 0.239 e. The fourth-order valence-corrected chi connectivity index (χ4v) is 3.58. The standard InChI is InChI=1S/C25H23FN2O3/c26-20-11-9-18(10-12-20)16-27-24(29)23-13-14-28(25(23)30)21-7-4-8-22(15-21)31-17-19-5-2-1-3-6-19/h1-12,15,23H,13-14,16-17H2,(H,27,29)/t23-/m0/s1. The van der Waals surface area contributed by atoms with Crippen LogP contribution in [0.5, 0.6) is 5.75 Å². The summed E-state index contributed by atoms with van der Waals surface area (Å²) in [5.74, 6) is -0.926. The van der Waals surface area contributed by atoms with Crippen molar-refractivity contribution < 1.29 is 18.7 Å². The Labute approximate surface area is 180 Å². The molecule has 1 atom stereocenters. The molecule has 31 heavy (non-hydrogen) atoms. The monoisotopic (exact) mass is 418 g/mol. The van der Waals surface area contributed by atoms with Crippen LogP contribution in [-0.4, -0.2) is 18.4 Å². The van der Waals surface area contributed by atoms with E-state index in [1.165, 1.54) is 12.1 Å². The van der Waals surface area contributed by atoms with Crippen molar-refractivity contribution >= 4 is 17.5 Å². The third-order valence-electron chi connectivity index (χ3n) is 5.28. The average Bonchev–Trinajstić information content (AvgIpc) is 3.19. The summed E-state index contributed by atoms with van der Waals surface area (Å²) in [4.78, 5) is 27.0. The number of halogens is 1. The van der Waals surface area contributed by atoms with E-state index in [1.807, 2.05) is 54.6 Å². The van der Waals surface area contributed by atoms with Crippen molar-refractivity contribution in [2.24, 2.45) is 5.92 Å². The number of hydrogen-bond acceptors (Lipinski definition) is 3. The Kier molecular flexibility index (Phi) is 6.26. The van der Waals surface area contributed by atoms with Crippen LogP contribution in [0, 0.1) is 11.7 Å². The highest BCUT2D eigenvalue weighted by Gasteiger charge is 2.37. The lowest BCUT2D eigenvalue weighted by Gasteiger charge is -2.18. The van der Waals surface area contributed by atoms with E-state index in [-0.39, 0.29) is 24.2 Å². The van der Waals surface area contributed by atoms with Crippen LogP contribution < -0.4 is 15.0 Å². The van der Waals surface area contributed by atoms with Crippen LogP contribution in [0.4, 0.5) is 10.1 Å². The molecule has 6 heteroatoms. The molecule has 0 aliphatic carbocycles. The molecule has 0 spiro atoms. The number of hydrogen-bond donors (Lipinski definition) is 1. The Morgan fingerprint density at radius 3 is 2.55 bits per heavy atom. The topological polar surface area (TPSA) is 58.6 Å². The highest BCUT2D eigenvalue weighted by atomic mass is 19.1. The highest BCUT2D eigenvalue weighted by molar-refractivity contribution is 6.09. The number of amides is 2. The fraction of sp³-hybridized carbons (Fsp3) is 0.200. The minimum Gasteiger partial charge on any atom is -0.489 e. The highest BCUT2D eigenvalue weighted by Crippen LogP contribution is 2.28. The summed E-state index contributed by atoms with van der Waals surface area (Å²) < 4.78 is 18.9. The number of anilines is 1. The van der Waals surface area contributed by atoms with Gasteiger partial charge >= 0.3 is 0 Å². The molecule has 1 heterocycles. The molecule has 3 aromatic rings. The lowest BCUT2D eigenvalue weighted by molar-refractivity contribution is -0.132. The molecule has 1 saturated heterocycles. The molecule has 1 aliphatic heterocycles. The van der Waals surface area contributed by atoms with E-state index in [4.69, 9.17) is 4.74 Å². The van der Waals surface area contributed by atoms with Crippen LogP contribution in [0.3, 0.4) is 0 Å². The van der Waals surface area contributed by atoms with Gasteiger partial charge in [-0.2, -0.15) is 0 Å². The van der Waals surface area contributed by atoms with Crippen molar-refractivity contribution in [2.45, 2.75) is 19.6 Å². The minimum absolute atomic E-state index is 0.225. The van der Waals surface area contributed by atoms with E-state index >= 15 is 0 Å². The van der Waals surface area contributed by atoms with E-state index in [1.54, 1.807) is 17.0 Å². The quantitative estimate of drug-likeness (QED) is 0.589. The van der Waals surface area contributed by atoms with Crippen molar-refractivity contribution in [3.05, 3.63) is 95.8 Å². The Morgan fingerprint density at radius 1 is 1.00 bits per heavy atom. The number of benzene rings is 3. The molecule has 2 amide bonds. The molecule has 0 aromatic heterocycles. The zero-order valence-electron chi connectivity index (χ0n) is 17.0. The van der Waals surface area contributed by atoms with Crippen LogP contribution in [0.25, 0.3) is 0 Å². The first kappa shape index (κ1) is 20.6. The van der Waals surface area contributed by atoms with Gasteiger partial charge in [0.05, 0.1) is 0 Å². The van der Waals surface area contributed by atoms with Gasteiger partial charge in [-0.1, -0.05) is 48.5 Å². The molecule has 1 fully saturated rings. The maximum absolute atomic E-state index is 13.0. The van der Waals surface area contributed by atoms with Crippen LogP contribution >= 0.6 is 0 Å². The number of carbonyl (C=O) groups excluding carboxylic acids is 2. The molecule has 3 aromatic carbocycles. The number of nitrogens with zero attached hydrogens (tertiary/aromatic N) is 1. The molecule has 1 aliphatic rings. The van der Waals surface area contributed by atoms with Gasteiger partial charge < -0.3 is 15.0 Å². The molecule has 5 nitrogen and oxygen atoms in total. The SMILES string of the molecule is O=C(NCc1ccc(F)cc1)[C@@H]1CCN(c2cccc(OCc3ccccc3)c2)C1=O. The molecule has 4 rings (SSSR count). The predicted molar refractivity (Wildman–Crippen MR) is 116 cm³/mol. The molecule has 0 saturated carbocycles. The number of ether oxygens (including phenoxy) is 1. The van der Waals surface area contributed by atoms with Gasteiger partial charge in [-0.15, -0.1) is 0 Å². The molecular weight excluding hydrogens is 395 g/mol. The molecule has 1 N–H and O–H groups in total. The first-order valence-corrected chi connectivity index (χ1v) is 10.2. The second kappa shape index (κ2) is 9.43. The molecule has 158 valence electrons. The summed E-state index contributed by atoms with van der Waals surface area (Å²) in [6.45, 7) is 1.16. The second-order valence-electron chi connectivity index (χ2n) is 7.45. The first-order chi connectivity index (χ1) is 15.1. The Morgan fingerprint density at radius 2 is 1.77 bits per heavy atom. The normalized spacial score (nSPS) is 15.7. The zero-order chi connectivity index (χ0) is 21.6. The average molecular weight is 418 g/mol. The lowest BCUT2D eigenvalue weighted by atomic mass is 10.1. The van der Waals surface area contributed by atoms with Crippen molar-refractivity contribution in [2.75, 3.05) is 11.4 Å². The van der Waals surface area contributed by atoms with Gasteiger partial charge in [-0.3, -0.25) is 9.59 Å². The fourth-order valence-electron chi connectivity index (χ4n) is 3.58. The summed E-state index contributed by atoms with van der Waals surface area (Å²) in [6.07, 6.45) is 0.448. The summed E-state index contributed by atoms with van der Waals surface area (Å²) in [5, 5.41) is 2.78. The summed E-state index contributed by atoms with van der Waals surface area (Å²) in [6, 6.07) is 23.1. The smallest absolute Gasteiger partial charge is 0.239 e. The largest absolute Gasteiger partial charge is 0.489 e. The van der Waals surface area contributed by atoms with Crippen LogP contribution in [-0.2, 0) is 22.7 Å². The lowest BCUT2D eigenvalue weighted by Crippen LogP contribution is -2.36. The Bertz CT molecular complexity index is 1050. The first-order valence-electron chi connectivity index (χ1n) is 10.2. The molecule has 0 radical (unpaired) electrons. The van der Waals surface area contributed by atoms with Crippen LogP contribution in [0.2, 0.25) is 0 Å². The van der Waals surface area contributed by atoms with Gasteiger partial charge in [0.2, 0.25) is 11.8 Å². The van der Waals surface area contributed by atoms with E-state index in [0.29, 0.717) is 31.0 Å². The molecule has 0 unspecified atom stereocenters. The Hall–Kier alpha value is -3.67. The number of nitrogens with one attached hydrogen (secondary N) is 1. The van der Waals surface area contributed by atoms with Gasteiger partial charge in [0.15, 0.2) is 0 Å². The van der Waals surface area contributed by atoms with Gasteiger partial charge in [-0.05, 0) is 41.8 Å². The van der Waals surface area contributed by atoms with Gasteiger partial charge in [-0.25, -0.2) is 4.39 Å². The van der Waals surface area contributed by atoms with E-state index in [0.717, 1.165) is 11.1 Å². The van der Waals surface area contributed by atoms with Crippen LogP contribution in [0.1, 0.15) is 17.5 Å². The third kappa shape index (κ3) is 5.09. The predicted octanol–water partition coefficient (Wildman–Crippen LogP) is 4.07. The van der Waals surface area contributed by atoms with Crippen molar-refractivity contribution in [1.29, 1.82) is 0 Å². The summed E-state index contributed by atoms with van der Waals surface area (Å²) >= 11 is 0. The third-order valence-corrected chi connectivity index (χ3v) is 5.28.